The Bertz CT molecular complexity index is 412. The van der Waals surface area contributed by atoms with Crippen LogP contribution in [0.4, 0.5) is 0 Å². The minimum absolute atomic E-state index is 0.0318. The van der Waals surface area contributed by atoms with E-state index in [0.717, 1.165) is 65.1 Å². The lowest BCUT2D eigenvalue weighted by atomic mass is 10.0. The molecule has 0 spiro atoms. The van der Waals surface area contributed by atoms with Crippen LogP contribution in [-0.4, -0.2) is 86.1 Å². The lowest BCUT2D eigenvalue weighted by Crippen LogP contribution is -2.51. The number of likely N-dealkylation sites (N-methyl/N-ethyl adjacent to an activating group) is 1. The van der Waals surface area contributed by atoms with Gasteiger partial charge in [-0.3, -0.25) is 9.69 Å². The zero-order valence-electron chi connectivity index (χ0n) is 14.8. The molecule has 0 aliphatic carbocycles. The minimum Gasteiger partial charge on any atom is -0.354 e. The summed E-state index contributed by atoms with van der Waals surface area (Å²) >= 11 is 0. The molecule has 2 aliphatic heterocycles. The normalized spacial score (nSPS) is 25.7. The summed E-state index contributed by atoms with van der Waals surface area (Å²) in [6.45, 7) is 10.1. The van der Waals surface area contributed by atoms with E-state index in [2.05, 4.69) is 39.9 Å². The molecular formula is C18H32N4O. The van der Waals surface area contributed by atoms with Gasteiger partial charge in [-0.1, -0.05) is 19.3 Å². The Labute approximate surface area is 141 Å². The molecule has 23 heavy (non-hydrogen) atoms. The maximum atomic E-state index is 12.5. The molecule has 130 valence electrons. The standard InChI is InChI=1S/C18H32N4O/c1-4-8-22-9-6-5-7-17(22)18(23)19-14-16(2)15-21-12-10-20(3)11-13-21/h1,16-17H,5-15H2,2-3H3,(H,19,23). The van der Waals surface area contributed by atoms with Crippen molar-refractivity contribution in [2.45, 2.75) is 32.2 Å². The number of carbonyl (C=O) groups is 1. The maximum absolute atomic E-state index is 12.5. The molecule has 2 saturated heterocycles. The van der Waals surface area contributed by atoms with Crippen LogP contribution in [-0.2, 0) is 4.79 Å². The number of amides is 1. The molecule has 0 saturated carbocycles. The Balaban J connectivity index is 1.71. The van der Waals surface area contributed by atoms with Crippen molar-refractivity contribution < 1.29 is 4.79 Å². The smallest absolute Gasteiger partial charge is 0.237 e. The van der Waals surface area contributed by atoms with Crippen LogP contribution in [0.3, 0.4) is 0 Å². The van der Waals surface area contributed by atoms with Crippen LogP contribution in [0.15, 0.2) is 0 Å². The molecule has 1 N–H and O–H groups in total. The van der Waals surface area contributed by atoms with Crippen LogP contribution in [0, 0.1) is 18.3 Å². The second-order valence-corrected chi connectivity index (χ2v) is 7.14. The molecule has 2 rings (SSSR count). The summed E-state index contributed by atoms with van der Waals surface area (Å²) in [5, 5.41) is 3.15. The van der Waals surface area contributed by atoms with E-state index in [1.807, 2.05) is 0 Å². The van der Waals surface area contributed by atoms with E-state index in [4.69, 9.17) is 6.42 Å². The largest absolute Gasteiger partial charge is 0.354 e. The molecule has 2 aliphatic rings. The third-order valence-corrected chi connectivity index (χ3v) is 5.00. The van der Waals surface area contributed by atoms with Gasteiger partial charge < -0.3 is 15.1 Å². The molecule has 2 fully saturated rings. The second kappa shape index (κ2) is 9.27. The summed E-state index contributed by atoms with van der Waals surface area (Å²) in [4.78, 5) is 19.5. The predicted molar refractivity (Wildman–Crippen MR) is 94.2 cm³/mol. The Morgan fingerprint density at radius 1 is 1.26 bits per heavy atom. The van der Waals surface area contributed by atoms with Crippen molar-refractivity contribution in [2.24, 2.45) is 5.92 Å². The van der Waals surface area contributed by atoms with Gasteiger partial charge >= 0.3 is 0 Å². The third-order valence-electron chi connectivity index (χ3n) is 5.00. The van der Waals surface area contributed by atoms with Crippen molar-refractivity contribution >= 4 is 5.91 Å². The van der Waals surface area contributed by atoms with Crippen LogP contribution >= 0.6 is 0 Å². The fourth-order valence-electron chi connectivity index (χ4n) is 3.52. The van der Waals surface area contributed by atoms with Gasteiger partial charge in [0.15, 0.2) is 0 Å². The number of likely N-dealkylation sites (tertiary alicyclic amines) is 1. The number of piperazine rings is 1. The predicted octanol–water partition coefficient (Wildman–Crippen LogP) is 0.474. The number of hydrogen-bond acceptors (Lipinski definition) is 4. The van der Waals surface area contributed by atoms with Gasteiger partial charge in [0.25, 0.3) is 0 Å². The van der Waals surface area contributed by atoms with Crippen LogP contribution in [0.2, 0.25) is 0 Å². The number of nitrogens with zero attached hydrogens (tertiary/aromatic N) is 3. The number of rotatable bonds is 6. The van der Waals surface area contributed by atoms with Crippen molar-refractivity contribution in [3.8, 4) is 12.3 Å². The van der Waals surface area contributed by atoms with Gasteiger partial charge in [-0.25, -0.2) is 0 Å². The Hall–Kier alpha value is -1.09. The van der Waals surface area contributed by atoms with E-state index >= 15 is 0 Å². The monoisotopic (exact) mass is 320 g/mol. The Morgan fingerprint density at radius 2 is 2.00 bits per heavy atom. The molecule has 0 aromatic carbocycles. The number of nitrogens with one attached hydrogen (secondary N) is 1. The zero-order chi connectivity index (χ0) is 16.7. The van der Waals surface area contributed by atoms with Gasteiger partial charge in [0.1, 0.15) is 0 Å². The highest BCUT2D eigenvalue weighted by Crippen LogP contribution is 2.16. The van der Waals surface area contributed by atoms with Crippen molar-refractivity contribution in [1.82, 2.24) is 20.0 Å². The summed E-state index contributed by atoms with van der Waals surface area (Å²) in [6.07, 6.45) is 8.62. The molecule has 1 amide bonds. The van der Waals surface area contributed by atoms with Gasteiger partial charge in [-0.15, -0.1) is 6.42 Å². The summed E-state index contributed by atoms with van der Waals surface area (Å²) in [6, 6.07) is -0.0318. The second-order valence-electron chi connectivity index (χ2n) is 7.14. The lowest BCUT2D eigenvalue weighted by molar-refractivity contribution is -0.127. The first-order valence-corrected chi connectivity index (χ1v) is 8.96. The van der Waals surface area contributed by atoms with Crippen LogP contribution in [0.25, 0.3) is 0 Å². The maximum Gasteiger partial charge on any atom is 0.237 e. The first-order chi connectivity index (χ1) is 11.1. The van der Waals surface area contributed by atoms with E-state index in [1.165, 1.54) is 0 Å². The summed E-state index contributed by atoms with van der Waals surface area (Å²) in [5.74, 6) is 3.32. The van der Waals surface area contributed by atoms with Crippen molar-refractivity contribution in [2.75, 3.05) is 59.4 Å². The molecule has 0 aromatic rings. The van der Waals surface area contributed by atoms with Crippen LogP contribution < -0.4 is 5.32 Å². The summed E-state index contributed by atoms with van der Waals surface area (Å²) in [5.41, 5.74) is 0. The fraction of sp³-hybridized carbons (Fsp3) is 0.833. The molecule has 0 radical (unpaired) electrons. The molecule has 2 heterocycles. The molecule has 5 heteroatoms. The minimum atomic E-state index is -0.0318. The lowest BCUT2D eigenvalue weighted by Gasteiger charge is -2.35. The van der Waals surface area contributed by atoms with E-state index in [0.29, 0.717) is 12.5 Å². The average molecular weight is 320 g/mol. The van der Waals surface area contributed by atoms with E-state index in [9.17, 15) is 4.79 Å². The molecular weight excluding hydrogens is 288 g/mol. The van der Waals surface area contributed by atoms with Crippen molar-refractivity contribution in [3.63, 3.8) is 0 Å². The van der Waals surface area contributed by atoms with Crippen molar-refractivity contribution in [1.29, 1.82) is 0 Å². The van der Waals surface area contributed by atoms with Crippen LogP contribution in [0.5, 0.6) is 0 Å². The highest BCUT2D eigenvalue weighted by molar-refractivity contribution is 5.81. The molecule has 0 bridgehead atoms. The fourth-order valence-corrected chi connectivity index (χ4v) is 3.52. The van der Waals surface area contributed by atoms with Crippen LogP contribution in [0.1, 0.15) is 26.2 Å². The van der Waals surface area contributed by atoms with Gasteiger partial charge in [0, 0.05) is 39.3 Å². The highest BCUT2D eigenvalue weighted by atomic mass is 16.2. The molecule has 5 nitrogen and oxygen atoms in total. The molecule has 0 aromatic heterocycles. The molecule has 2 atom stereocenters. The van der Waals surface area contributed by atoms with Gasteiger partial charge in [0.05, 0.1) is 12.6 Å². The van der Waals surface area contributed by atoms with Gasteiger partial charge in [-0.05, 0) is 32.4 Å². The topological polar surface area (TPSA) is 38.8 Å². The quantitative estimate of drug-likeness (QED) is 0.722. The van der Waals surface area contributed by atoms with Crippen molar-refractivity contribution in [3.05, 3.63) is 0 Å². The summed E-state index contributed by atoms with van der Waals surface area (Å²) in [7, 11) is 2.17. The first kappa shape index (κ1) is 18.3. The Morgan fingerprint density at radius 3 is 2.70 bits per heavy atom. The van der Waals surface area contributed by atoms with Gasteiger partial charge in [0.2, 0.25) is 5.91 Å². The van der Waals surface area contributed by atoms with E-state index in [1.54, 1.807) is 0 Å². The zero-order valence-corrected chi connectivity index (χ0v) is 14.8. The number of piperidine rings is 1. The molecule has 2 unspecified atom stereocenters. The van der Waals surface area contributed by atoms with E-state index in [-0.39, 0.29) is 11.9 Å². The first-order valence-electron chi connectivity index (χ1n) is 8.96. The number of carbonyl (C=O) groups excluding carboxylic acids is 1. The highest BCUT2D eigenvalue weighted by Gasteiger charge is 2.28. The van der Waals surface area contributed by atoms with Gasteiger partial charge in [-0.2, -0.15) is 0 Å². The average Bonchev–Trinajstić information content (AvgIpc) is 2.56. The number of hydrogen-bond donors (Lipinski definition) is 1. The summed E-state index contributed by atoms with van der Waals surface area (Å²) < 4.78 is 0. The SMILES string of the molecule is C#CCN1CCCCC1C(=O)NCC(C)CN1CCN(C)CC1. The third kappa shape index (κ3) is 5.80. The Kier molecular flexibility index (Phi) is 7.35. The van der Waals surface area contributed by atoms with E-state index < -0.39 is 0 Å². The number of terminal acetylenes is 1.